The van der Waals surface area contributed by atoms with Gasteiger partial charge in [0.1, 0.15) is 6.61 Å². The second-order valence-corrected chi connectivity index (χ2v) is 5.81. The standard InChI is InChI=1S/C13H24O3/c1-13(2,3)11-6-4-10(5-7-11)12(15)16-9-8-14/h10-11,14H,4-9H2,1-3H3. The molecule has 0 aromatic carbocycles. The van der Waals surface area contributed by atoms with Crippen LogP contribution < -0.4 is 0 Å². The molecule has 1 saturated carbocycles. The van der Waals surface area contributed by atoms with E-state index < -0.39 is 0 Å². The zero-order chi connectivity index (χ0) is 12.2. The van der Waals surface area contributed by atoms with Crippen LogP contribution in [0, 0.1) is 17.3 Å². The van der Waals surface area contributed by atoms with Crippen LogP contribution in [0.2, 0.25) is 0 Å². The summed E-state index contributed by atoms with van der Waals surface area (Å²) in [5.41, 5.74) is 0.347. The molecule has 3 nitrogen and oxygen atoms in total. The van der Waals surface area contributed by atoms with Crippen LogP contribution in [0.1, 0.15) is 46.5 Å². The Labute approximate surface area is 98.2 Å². The maximum Gasteiger partial charge on any atom is 0.309 e. The van der Waals surface area contributed by atoms with Crippen LogP contribution in [0.5, 0.6) is 0 Å². The Balaban J connectivity index is 2.34. The summed E-state index contributed by atoms with van der Waals surface area (Å²) in [5, 5.41) is 8.59. The van der Waals surface area contributed by atoms with E-state index in [9.17, 15) is 4.79 Å². The van der Waals surface area contributed by atoms with Crippen molar-refractivity contribution in [3.63, 3.8) is 0 Å². The smallest absolute Gasteiger partial charge is 0.309 e. The van der Waals surface area contributed by atoms with Crippen LogP contribution in [0.3, 0.4) is 0 Å². The molecule has 0 aromatic rings. The van der Waals surface area contributed by atoms with Gasteiger partial charge in [0.15, 0.2) is 0 Å². The molecule has 0 atom stereocenters. The Morgan fingerprint density at radius 1 is 1.25 bits per heavy atom. The van der Waals surface area contributed by atoms with E-state index in [0.717, 1.165) is 31.6 Å². The van der Waals surface area contributed by atoms with Crippen molar-refractivity contribution in [1.29, 1.82) is 0 Å². The second-order valence-electron chi connectivity index (χ2n) is 5.81. The van der Waals surface area contributed by atoms with Gasteiger partial charge in [0.2, 0.25) is 0 Å². The van der Waals surface area contributed by atoms with Gasteiger partial charge in [-0.25, -0.2) is 0 Å². The van der Waals surface area contributed by atoms with Crippen molar-refractivity contribution in [2.45, 2.75) is 46.5 Å². The number of rotatable bonds is 3. The fourth-order valence-electron chi connectivity index (χ4n) is 2.46. The number of hydrogen-bond acceptors (Lipinski definition) is 3. The summed E-state index contributed by atoms with van der Waals surface area (Å²) in [6, 6.07) is 0. The van der Waals surface area contributed by atoms with Crippen LogP contribution in [-0.4, -0.2) is 24.3 Å². The SMILES string of the molecule is CC(C)(C)C1CCC(C(=O)OCCO)CC1. The molecule has 0 bridgehead atoms. The van der Waals surface area contributed by atoms with Crippen LogP contribution in [0.25, 0.3) is 0 Å². The summed E-state index contributed by atoms with van der Waals surface area (Å²) >= 11 is 0. The van der Waals surface area contributed by atoms with Gasteiger partial charge in [-0.05, 0) is 37.0 Å². The fraction of sp³-hybridized carbons (Fsp3) is 0.923. The van der Waals surface area contributed by atoms with Gasteiger partial charge in [0.05, 0.1) is 12.5 Å². The molecular weight excluding hydrogens is 204 g/mol. The molecule has 0 spiro atoms. The highest BCUT2D eigenvalue weighted by atomic mass is 16.5. The van der Waals surface area contributed by atoms with Gasteiger partial charge in [-0.2, -0.15) is 0 Å². The van der Waals surface area contributed by atoms with Crippen LogP contribution in [0.4, 0.5) is 0 Å². The van der Waals surface area contributed by atoms with Gasteiger partial charge in [-0.3, -0.25) is 4.79 Å². The maximum absolute atomic E-state index is 11.6. The number of ether oxygens (including phenoxy) is 1. The molecule has 1 rings (SSSR count). The van der Waals surface area contributed by atoms with Crippen LogP contribution >= 0.6 is 0 Å². The third-order valence-electron chi connectivity index (χ3n) is 3.62. The lowest BCUT2D eigenvalue weighted by Crippen LogP contribution is -2.30. The first-order chi connectivity index (χ1) is 7.45. The normalized spacial score (nSPS) is 26.5. The molecule has 0 heterocycles. The fourth-order valence-corrected chi connectivity index (χ4v) is 2.46. The third kappa shape index (κ3) is 3.78. The molecule has 0 aromatic heterocycles. The van der Waals surface area contributed by atoms with Gasteiger partial charge in [-0.15, -0.1) is 0 Å². The molecule has 0 amide bonds. The lowest BCUT2D eigenvalue weighted by atomic mass is 9.70. The summed E-state index contributed by atoms with van der Waals surface area (Å²) in [7, 11) is 0. The molecule has 1 N–H and O–H groups in total. The second kappa shape index (κ2) is 5.67. The Morgan fingerprint density at radius 2 is 1.81 bits per heavy atom. The van der Waals surface area contributed by atoms with Crippen molar-refractivity contribution < 1.29 is 14.6 Å². The van der Waals surface area contributed by atoms with Gasteiger partial charge < -0.3 is 9.84 Å². The van der Waals surface area contributed by atoms with Crippen LogP contribution in [0.15, 0.2) is 0 Å². The molecular formula is C13H24O3. The van der Waals surface area contributed by atoms with E-state index in [0.29, 0.717) is 5.41 Å². The first kappa shape index (κ1) is 13.5. The molecule has 0 aliphatic heterocycles. The first-order valence-electron chi connectivity index (χ1n) is 6.22. The molecule has 1 aliphatic carbocycles. The zero-order valence-electron chi connectivity index (χ0n) is 10.7. The highest BCUT2D eigenvalue weighted by Crippen LogP contribution is 2.39. The van der Waals surface area contributed by atoms with Gasteiger partial charge >= 0.3 is 5.97 Å². The number of aliphatic hydroxyl groups excluding tert-OH is 1. The molecule has 3 heteroatoms. The van der Waals surface area contributed by atoms with Gasteiger partial charge in [-0.1, -0.05) is 20.8 Å². The Bertz CT molecular complexity index is 222. The van der Waals surface area contributed by atoms with E-state index in [1.165, 1.54) is 0 Å². The van der Waals surface area contributed by atoms with Gasteiger partial charge in [0.25, 0.3) is 0 Å². The lowest BCUT2D eigenvalue weighted by Gasteiger charge is -2.36. The molecule has 16 heavy (non-hydrogen) atoms. The first-order valence-corrected chi connectivity index (χ1v) is 6.22. The third-order valence-corrected chi connectivity index (χ3v) is 3.62. The van der Waals surface area contributed by atoms with Crippen molar-refractivity contribution >= 4 is 5.97 Å². The lowest BCUT2D eigenvalue weighted by molar-refractivity contribution is -0.151. The van der Waals surface area contributed by atoms with E-state index in [1.807, 2.05) is 0 Å². The topological polar surface area (TPSA) is 46.5 Å². The zero-order valence-corrected chi connectivity index (χ0v) is 10.7. The predicted molar refractivity (Wildman–Crippen MR) is 62.9 cm³/mol. The maximum atomic E-state index is 11.6. The van der Waals surface area contributed by atoms with E-state index in [-0.39, 0.29) is 25.1 Å². The number of aliphatic hydroxyl groups is 1. The minimum Gasteiger partial charge on any atom is -0.463 e. The summed E-state index contributed by atoms with van der Waals surface area (Å²) in [6.45, 7) is 6.85. The Kier molecular flexibility index (Phi) is 4.78. The molecule has 94 valence electrons. The highest BCUT2D eigenvalue weighted by molar-refractivity contribution is 5.72. The van der Waals surface area contributed by atoms with Crippen molar-refractivity contribution in [3.05, 3.63) is 0 Å². The van der Waals surface area contributed by atoms with Crippen molar-refractivity contribution in [1.82, 2.24) is 0 Å². The quantitative estimate of drug-likeness (QED) is 0.754. The molecule has 0 saturated heterocycles. The molecule has 0 radical (unpaired) electrons. The predicted octanol–water partition coefficient (Wildman–Crippen LogP) is 2.37. The number of hydrogen-bond donors (Lipinski definition) is 1. The summed E-state index contributed by atoms with van der Waals surface area (Å²) < 4.78 is 4.96. The van der Waals surface area contributed by atoms with E-state index in [2.05, 4.69) is 20.8 Å². The molecule has 0 unspecified atom stereocenters. The average Bonchev–Trinajstić information content (AvgIpc) is 2.25. The minimum atomic E-state index is -0.124. The summed E-state index contributed by atoms with van der Waals surface area (Å²) in [5.74, 6) is 0.654. The number of esters is 1. The molecule has 1 fully saturated rings. The van der Waals surface area contributed by atoms with Crippen molar-refractivity contribution in [2.75, 3.05) is 13.2 Å². The Morgan fingerprint density at radius 3 is 2.25 bits per heavy atom. The summed E-state index contributed by atoms with van der Waals surface area (Å²) in [6.07, 6.45) is 4.10. The van der Waals surface area contributed by atoms with Gasteiger partial charge in [0, 0.05) is 0 Å². The van der Waals surface area contributed by atoms with Crippen LogP contribution in [-0.2, 0) is 9.53 Å². The largest absolute Gasteiger partial charge is 0.463 e. The Hall–Kier alpha value is -0.570. The van der Waals surface area contributed by atoms with Crippen molar-refractivity contribution in [2.24, 2.45) is 17.3 Å². The molecule has 1 aliphatic rings. The van der Waals surface area contributed by atoms with E-state index in [4.69, 9.17) is 9.84 Å². The average molecular weight is 228 g/mol. The minimum absolute atomic E-state index is 0.0603. The summed E-state index contributed by atoms with van der Waals surface area (Å²) in [4.78, 5) is 11.6. The van der Waals surface area contributed by atoms with Crippen molar-refractivity contribution in [3.8, 4) is 0 Å². The van der Waals surface area contributed by atoms with E-state index in [1.54, 1.807) is 0 Å². The monoisotopic (exact) mass is 228 g/mol. The number of carbonyl (C=O) groups is 1. The number of carbonyl (C=O) groups excluding carboxylic acids is 1. The van der Waals surface area contributed by atoms with E-state index >= 15 is 0 Å². The highest BCUT2D eigenvalue weighted by Gasteiger charge is 2.32.